The van der Waals surface area contributed by atoms with Crippen molar-refractivity contribution < 1.29 is 5.21 Å². The molecule has 0 amide bonds. The summed E-state index contributed by atoms with van der Waals surface area (Å²) >= 11 is 0. The largest absolute Gasteiger partial charge is 0.409 e. The van der Waals surface area contributed by atoms with Crippen molar-refractivity contribution in [3.05, 3.63) is 0 Å². The lowest BCUT2D eigenvalue weighted by molar-refractivity contribution is 0.259. The van der Waals surface area contributed by atoms with Crippen LogP contribution in [0.2, 0.25) is 0 Å². The molecule has 4 heteroatoms. The van der Waals surface area contributed by atoms with E-state index in [1.165, 1.54) is 0 Å². The SMILES string of the molecule is CCC(CC(N)=NO)NC(C)C(C)(C)C. The number of amidine groups is 1. The second-order valence-corrected chi connectivity index (χ2v) is 5.16. The van der Waals surface area contributed by atoms with E-state index < -0.39 is 0 Å². The van der Waals surface area contributed by atoms with Gasteiger partial charge in [0.1, 0.15) is 5.84 Å². The van der Waals surface area contributed by atoms with Crippen LogP contribution in [0.4, 0.5) is 0 Å². The lowest BCUT2D eigenvalue weighted by Crippen LogP contribution is -2.45. The summed E-state index contributed by atoms with van der Waals surface area (Å²) in [6.45, 7) is 10.8. The van der Waals surface area contributed by atoms with Crippen LogP contribution in [0.5, 0.6) is 0 Å². The summed E-state index contributed by atoms with van der Waals surface area (Å²) < 4.78 is 0. The van der Waals surface area contributed by atoms with E-state index in [4.69, 9.17) is 10.9 Å². The molecule has 0 aromatic rings. The van der Waals surface area contributed by atoms with Gasteiger partial charge in [0.15, 0.2) is 0 Å². The number of hydrogen-bond donors (Lipinski definition) is 3. The molecule has 0 aliphatic rings. The predicted octanol–water partition coefficient (Wildman–Crippen LogP) is 1.93. The maximum atomic E-state index is 8.51. The van der Waals surface area contributed by atoms with Gasteiger partial charge in [-0.3, -0.25) is 0 Å². The highest BCUT2D eigenvalue weighted by atomic mass is 16.4. The van der Waals surface area contributed by atoms with Gasteiger partial charge < -0.3 is 16.3 Å². The molecule has 0 aromatic carbocycles. The molecule has 0 rings (SSSR count). The molecule has 0 saturated heterocycles. The minimum absolute atomic E-state index is 0.221. The fraction of sp³-hybridized carbons (Fsp3) is 0.909. The van der Waals surface area contributed by atoms with Crippen LogP contribution in [0, 0.1) is 5.41 Å². The molecule has 0 aromatic heterocycles. The van der Waals surface area contributed by atoms with Crippen molar-refractivity contribution in [2.45, 2.75) is 59.5 Å². The van der Waals surface area contributed by atoms with Crippen molar-refractivity contribution in [3.8, 4) is 0 Å². The highest BCUT2D eigenvalue weighted by Gasteiger charge is 2.22. The fourth-order valence-electron chi connectivity index (χ4n) is 1.22. The molecular formula is C11H25N3O. The normalized spacial score (nSPS) is 17.5. The van der Waals surface area contributed by atoms with Crippen LogP contribution in [0.3, 0.4) is 0 Å². The van der Waals surface area contributed by atoms with Crippen LogP contribution in [0.1, 0.15) is 47.5 Å². The van der Waals surface area contributed by atoms with Gasteiger partial charge in [-0.05, 0) is 18.8 Å². The molecular weight excluding hydrogens is 190 g/mol. The predicted molar refractivity (Wildman–Crippen MR) is 64.2 cm³/mol. The molecule has 15 heavy (non-hydrogen) atoms. The quantitative estimate of drug-likeness (QED) is 0.284. The van der Waals surface area contributed by atoms with E-state index >= 15 is 0 Å². The third-order valence-electron chi connectivity index (χ3n) is 2.86. The molecule has 0 fully saturated rings. The topological polar surface area (TPSA) is 70.6 Å². The second kappa shape index (κ2) is 5.95. The van der Waals surface area contributed by atoms with Gasteiger partial charge in [-0.25, -0.2) is 0 Å². The van der Waals surface area contributed by atoms with E-state index in [1.54, 1.807) is 0 Å². The van der Waals surface area contributed by atoms with Crippen LogP contribution in [-0.4, -0.2) is 23.1 Å². The summed E-state index contributed by atoms with van der Waals surface area (Å²) in [5.74, 6) is 0.287. The lowest BCUT2D eigenvalue weighted by atomic mass is 9.87. The first kappa shape index (κ1) is 14.2. The van der Waals surface area contributed by atoms with Crippen molar-refractivity contribution in [2.75, 3.05) is 0 Å². The molecule has 0 bridgehead atoms. The lowest BCUT2D eigenvalue weighted by Gasteiger charge is -2.32. The molecule has 2 atom stereocenters. The van der Waals surface area contributed by atoms with Gasteiger partial charge in [0, 0.05) is 18.5 Å². The maximum absolute atomic E-state index is 8.51. The van der Waals surface area contributed by atoms with E-state index in [0.717, 1.165) is 6.42 Å². The molecule has 0 saturated carbocycles. The van der Waals surface area contributed by atoms with Gasteiger partial charge in [0.2, 0.25) is 0 Å². The van der Waals surface area contributed by atoms with Gasteiger partial charge in [0.05, 0.1) is 0 Å². The summed E-state index contributed by atoms with van der Waals surface area (Å²) in [5, 5.41) is 15.0. The molecule has 0 spiro atoms. The Kier molecular flexibility index (Phi) is 5.65. The Labute approximate surface area is 92.9 Å². The molecule has 0 radical (unpaired) electrons. The van der Waals surface area contributed by atoms with Gasteiger partial charge in [-0.1, -0.05) is 32.9 Å². The number of nitrogens with two attached hydrogens (primary N) is 1. The summed E-state index contributed by atoms with van der Waals surface area (Å²) in [5.41, 5.74) is 5.71. The summed E-state index contributed by atoms with van der Waals surface area (Å²) in [6.07, 6.45) is 1.56. The number of nitrogens with zero attached hydrogens (tertiary/aromatic N) is 1. The standard InChI is InChI=1S/C11H25N3O/c1-6-9(7-10(12)14-15)13-8(2)11(3,4)5/h8-9,13,15H,6-7H2,1-5H3,(H2,12,14). The molecule has 90 valence electrons. The van der Waals surface area contributed by atoms with Crippen molar-refractivity contribution in [1.29, 1.82) is 0 Å². The summed E-state index contributed by atoms with van der Waals surface area (Å²) in [6, 6.07) is 0.670. The second-order valence-electron chi connectivity index (χ2n) is 5.16. The minimum Gasteiger partial charge on any atom is -0.409 e. The average Bonchev–Trinajstić information content (AvgIpc) is 2.14. The van der Waals surface area contributed by atoms with Crippen LogP contribution in [-0.2, 0) is 0 Å². The Bertz CT molecular complexity index is 208. The van der Waals surface area contributed by atoms with E-state index in [2.05, 4.69) is 45.1 Å². The van der Waals surface area contributed by atoms with E-state index in [0.29, 0.717) is 12.5 Å². The average molecular weight is 215 g/mol. The fourth-order valence-corrected chi connectivity index (χ4v) is 1.22. The minimum atomic E-state index is 0.221. The molecule has 0 heterocycles. The molecule has 0 aliphatic heterocycles. The Balaban J connectivity index is 4.22. The smallest absolute Gasteiger partial charge is 0.140 e. The van der Waals surface area contributed by atoms with Crippen LogP contribution >= 0.6 is 0 Å². The van der Waals surface area contributed by atoms with Crippen molar-refractivity contribution in [1.82, 2.24) is 5.32 Å². The van der Waals surface area contributed by atoms with Gasteiger partial charge >= 0.3 is 0 Å². The Hall–Kier alpha value is -0.770. The van der Waals surface area contributed by atoms with E-state index in [-0.39, 0.29) is 17.3 Å². The highest BCUT2D eigenvalue weighted by Crippen LogP contribution is 2.19. The Morgan fingerprint density at radius 2 is 2.00 bits per heavy atom. The summed E-state index contributed by atoms with van der Waals surface area (Å²) in [7, 11) is 0. The first-order chi connectivity index (χ1) is 6.81. The number of oxime groups is 1. The van der Waals surface area contributed by atoms with Crippen LogP contribution in [0.25, 0.3) is 0 Å². The monoisotopic (exact) mass is 215 g/mol. The zero-order valence-electron chi connectivity index (χ0n) is 10.5. The van der Waals surface area contributed by atoms with Gasteiger partial charge in [-0.2, -0.15) is 0 Å². The maximum Gasteiger partial charge on any atom is 0.140 e. The first-order valence-electron chi connectivity index (χ1n) is 5.53. The summed E-state index contributed by atoms with van der Waals surface area (Å²) in [4.78, 5) is 0. The first-order valence-corrected chi connectivity index (χ1v) is 5.53. The van der Waals surface area contributed by atoms with E-state index in [1.807, 2.05) is 0 Å². The third kappa shape index (κ3) is 5.62. The highest BCUT2D eigenvalue weighted by molar-refractivity contribution is 5.80. The number of hydrogen-bond acceptors (Lipinski definition) is 3. The van der Waals surface area contributed by atoms with Crippen LogP contribution < -0.4 is 11.1 Å². The van der Waals surface area contributed by atoms with Crippen LogP contribution in [0.15, 0.2) is 5.16 Å². The van der Waals surface area contributed by atoms with Gasteiger partial charge in [0.25, 0.3) is 0 Å². The number of rotatable bonds is 5. The number of nitrogens with one attached hydrogen (secondary N) is 1. The van der Waals surface area contributed by atoms with Crippen molar-refractivity contribution >= 4 is 5.84 Å². The van der Waals surface area contributed by atoms with Crippen molar-refractivity contribution in [3.63, 3.8) is 0 Å². The van der Waals surface area contributed by atoms with E-state index in [9.17, 15) is 0 Å². The molecule has 4 N–H and O–H groups in total. The zero-order valence-corrected chi connectivity index (χ0v) is 10.5. The Morgan fingerprint density at radius 1 is 1.47 bits per heavy atom. The Morgan fingerprint density at radius 3 is 2.33 bits per heavy atom. The van der Waals surface area contributed by atoms with Gasteiger partial charge in [-0.15, -0.1) is 0 Å². The van der Waals surface area contributed by atoms with Crippen molar-refractivity contribution in [2.24, 2.45) is 16.3 Å². The third-order valence-corrected chi connectivity index (χ3v) is 2.86. The molecule has 0 aliphatic carbocycles. The molecule has 2 unspecified atom stereocenters. The molecule has 4 nitrogen and oxygen atoms in total. The zero-order chi connectivity index (χ0) is 12.1.